The van der Waals surface area contributed by atoms with Crippen LogP contribution in [0.2, 0.25) is 0 Å². The molecule has 0 saturated heterocycles. The minimum Gasteiger partial charge on any atom is -0.355 e. The number of rotatable bonds is 3. The highest BCUT2D eigenvalue weighted by Crippen LogP contribution is 2.03. The Morgan fingerprint density at radius 3 is 2.21 bits per heavy atom. The van der Waals surface area contributed by atoms with E-state index in [0.29, 0.717) is 6.54 Å². The molecule has 14 heavy (non-hydrogen) atoms. The van der Waals surface area contributed by atoms with E-state index in [1.54, 1.807) is 6.26 Å². The SMILES string of the molecule is CSC(=O)N(CCNC(C)=O)C(C)=O. The lowest BCUT2D eigenvalue weighted by Crippen LogP contribution is -2.38. The van der Waals surface area contributed by atoms with Crippen LogP contribution in [0.5, 0.6) is 0 Å². The largest absolute Gasteiger partial charge is 0.355 e. The molecule has 0 aliphatic heterocycles. The molecule has 0 unspecified atom stereocenters. The molecule has 0 atom stereocenters. The molecule has 0 fully saturated rings. The second kappa shape index (κ2) is 6.42. The summed E-state index contributed by atoms with van der Waals surface area (Å²) >= 11 is 0.974. The summed E-state index contributed by atoms with van der Waals surface area (Å²) in [5.74, 6) is -0.486. The molecule has 0 saturated carbocycles. The minimum absolute atomic E-state index is 0.176. The summed E-state index contributed by atoms with van der Waals surface area (Å²) in [4.78, 5) is 33.8. The lowest BCUT2D eigenvalue weighted by atomic mass is 10.5. The number of carbonyl (C=O) groups excluding carboxylic acids is 3. The van der Waals surface area contributed by atoms with E-state index < -0.39 is 0 Å². The molecular weight excluding hydrogens is 204 g/mol. The Labute approximate surface area is 87.2 Å². The van der Waals surface area contributed by atoms with Crippen molar-refractivity contribution >= 4 is 28.8 Å². The number of nitrogens with zero attached hydrogens (tertiary/aromatic N) is 1. The first-order chi connectivity index (χ1) is 6.49. The maximum atomic E-state index is 11.2. The van der Waals surface area contributed by atoms with Crippen LogP contribution in [-0.4, -0.2) is 41.3 Å². The van der Waals surface area contributed by atoms with Gasteiger partial charge in [0.1, 0.15) is 0 Å². The lowest BCUT2D eigenvalue weighted by molar-refractivity contribution is -0.126. The van der Waals surface area contributed by atoms with Crippen molar-refractivity contribution in [1.29, 1.82) is 0 Å². The molecule has 0 bridgehead atoms. The topological polar surface area (TPSA) is 66.5 Å². The molecule has 0 aromatic heterocycles. The Balaban J connectivity index is 4.05. The van der Waals surface area contributed by atoms with Crippen molar-refractivity contribution in [2.24, 2.45) is 0 Å². The third-order valence-corrected chi connectivity index (χ3v) is 2.05. The Morgan fingerprint density at radius 1 is 1.29 bits per heavy atom. The predicted molar refractivity (Wildman–Crippen MR) is 55.0 cm³/mol. The number of carbonyl (C=O) groups is 3. The third kappa shape index (κ3) is 4.86. The van der Waals surface area contributed by atoms with Gasteiger partial charge in [-0.2, -0.15) is 0 Å². The molecule has 5 nitrogen and oxygen atoms in total. The van der Waals surface area contributed by atoms with Gasteiger partial charge in [0.25, 0.3) is 5.24 Å². The fourth-order valence-electron chi connectivity index (χ4n) is 0.831. The van der Waals surface area contributed by atoms with Gasteiger partial charge in [0.2, 0.25) is 11.8 Å². The fourth-order valence-corrected chi connectivity index (χ4v) is 1.27. The van der Waals surface area contributed by atoms with E-state index in [0.717, 1.165) is 16.7 Å². The second-order valence-corrected chi connectivity index (χ2v) is 3.38. The summed E-state index contributed by atoms with van der Waals surface area (Å²) < 4.78 is 0. The van der Waals surface area contributed by atoms with Crippen LogP contribution in [0.3, 0.4) is 0 Å². The van der Waals surface area contributed by atoms with Crippen LogP contribution in [0.15, 0.2) is 0 Å². The highest BCUT2D eigenvalue weighted by Gasteiger charge is 2.15. The number of amides is 3. The summed E-state index contributed by atoms with van der Waals surface area (Å²) in [6, 6.07) is 0. The molecule has 6 heteroatoms. The van der Waals surface area contributed by atoms with Gasteiger partial charge in [-0.15, -0.1) is 0 Å². The zero-order chi connectivity index (χ0) is 11.1. The molecule has 0 rings (SSSR count). The molecule has 3 amide bonds. The summed E-state index contributed by atoms with van der Waals surface area (Å²) in [6.45, 7) is 3.21. The first-order valence-corrected chi connectivity index (χ1v) is 5.32. The van der Waals surface area contributed by atoms with Crippen molar-refractivity contribution in [3.05, 3.63) is 0 Å². The van der Waals surface area contributed by atoms with E-state index in [1.807, 2.05) is 0 Å². The quantitative estimate of drug-likeness (QED) is 0.747. The molecule has 80 valence electrons. The number of hydrogen-bond donors (Lipinski definition) is 1. The van der Waals surface area contributed by atoms with Crippen LogP contribution < -0.4 is 5.32 Å². The molecule has 0 aliphatic carbocycles. The van der Waals surface area contributed by atoms with Crippen molar-refractivity contribution in [1.82, 2.24) is 10.2 Å². The van der Waals surface area contributed by atoms with Crippen molar-refractivity contribution in [3.63, 3.8) is 0 Å². The fraction of sp³-hybridized carbons (Fsp3) is 0.625. The normalized spacial score (nSPS) is 9.36. The molecule has 0 aromatic rings. The van der Waals surface area contributed by atoms with Gasteiger partial charge in [0.05, 0.1) is 0 Å². The van der Waals surface area contributed by atoms with Crippen LogP contribution in [0.4, 0.5) is 4.79 Å². The highest BCUT2D eigenvalue weighted by molar-refractivity contribution is 8.12. The zero-order valence-corrected chi connectivity index (χ0v) is 9.31. The van der Waals surface area contributed by atoms with Crippen molar-refractivity contribution in [3.8, 4) is 0 Å². The Hall–Kier alpha value is -1.04. The second-order valence-electron chi connectivity index (χ2n) is 2.62. The first kappa shape index (κ1) is 13.0. The van der Waals surface area contributed by atoms with E-state index in [1.165, 1.54) is 13.8 Å². The van der Waals surface area contributed by atoms with E-state index in [4.69, 9.17) is 0 Å². The summed E-state index contributed by atoms with van der Waals surface area (Å²) in [5.41, 5.74) is 0. The van der Waals surface area contributed by atoms with E-state index >= 15 is 0 Å². The van der Waals surface area contributed by atoms with Gasteiger partial charge < -0.3 is 5.32 Å². The molecule has 0 radical (unpaired) electrons. The van der Waals surface area contributed by atoms with Gasteiger partial charge in [-0.25, -0.2) is 0 Å². The third-order valence-electron chi connectivity index (χ3n) is 1.48. The van der Waals surface area contributed by atoms with Gasteiger partial charge in [-0.05, 0) is 6.26 Å². The van der Waals surface area contributed by atoms with Crippen molar-refractivity contribution in [2.45, 2.75) is 13.8 Å². The van der Waals surface area contributed by atoms with Crippen LogP contribution in [0.25, 0.3) is 0 Å². The van der Waals surface area contributed by atoms with Gasteiger partial charge in [0, 0.05) is 26.9 Å². The van der Waals surface area contributed by atoms with Crippen molar-refractivity contribution in [2.75, 3.05) is 19.3 Å². The van der Waals surface area contributed by atoms with Crippen LogP contribution >= 0.6 is 11.8 Å². The molecule has 0 heterocycles. The summed E-state index contributed by atoms with van der Waals surface area (Å²) in [7, 11) is 0. The number of nitrogens with one attached hydrogen (secondary N) is 1. The summed E-state index contributed by atoms with van der Waals surface area (Å²) in [5, 5.41) is 2.21. The molecule has 0 aromatic carbocycles. The maximum Gasteiger partial charge on any atom is 0.288 e. The van der Waals surface area contributed by atoms with E-state index in [2.05, 4.69) is 5.32 Å². The minimum atomic E-state index is -0.310. The Morgan fingerprint density at radius 2 is 1.86 bits per heavy atom. The molecular formula is C8H14N2O3S. The molecule has 1 N–H and O–H groups in total. The average Bonchev–Trinajstić information content (AvgIpc) is 2.10. The van der Waals surface area contributed by atoms with Gasteiger partial charge in [-0.1, -0.05) is 11.8 Å². The predicted octanol–water partition coefficient (Wildman–Crippen LogP) is 0.454. The summed E-state index contributed by atoms with van der Waals surface area (Å²) in [6.07, 6.45) is 1.61. The molecule has 0 spiro atoms. The standard InChI is InChI=1S/C8H14N2O3S/c1-6(11)9-4-5-10(7(2)12)8(13)14-3/h4-5H2,1-3H3,(H,9,11). The number of imide groups is 1. The molecule has 0 aliphatic rings. The van der Waals surface area contributed by atoms with Crippen LogP contribution in [0.1, 0.15) is 13.8 Å². The Kier molecular flexibility index (Phi) is 5.94. The van der Waals surface area contributed by atoms with E-state index in [-0.39, 0.29) is 23.6 Å². The highest BCUT2D eigenvalue weighted by atomic mass is 32.2. The smallest absolute Gasteiger partial charge is 0.288 e. The maximum absolute atomic E-state index is 11.2. The zero-order valence-electron chi connectivity index (χ0n) is 8.49. The first-order valence-electron chi connectivity index (χ1n) is 4.09. The van der Waals surface area contributed by atoms with Crippen LogP contribution in [-0.2, 0) is 9.59 Å². The Bertz CT molecular complexity index is 243. The van der Waals surface area contributed by atoms with Gasteiger partial charge in [-0.3, -0.25) is 19.3 Å². The lowest BCUT2D eigenvalue weighted by Gasteiger charge is -2.17. The van der Waals surface area contributed by atoms with Crippen LogP contribution in [0, 0.1) is 0 Å². The average molecular weight is 218 g/mol. The van der Waals surface area contributed by atoms with E-state index in [9.17, 15) is 14.4 Å². The monoisotopic (exact) mass is 218 g/mol. The van der Waals surface area contributed by atoms with Gasteiger partial charge in [0.15, 0.2) is 0 Å². The van der Waals surface area contributed by atoms with Gasteiger partial charge >= 0.3 is 0 Å². The van der Waals surface area contributed by atoms with Crippen molar-refractivity contribution < 1.29 is 14.4 Å². The number of hydrogen-bond acceptors (Lipinski definition) is 4. The number of thioether (sulfide) groups is 1.